The topological polar surface area (TPSA) is 52.1 Å². The van der Waals surface area contributed by atoms with Crippen LogP contribution in [0.4, 0.5) is 0 Å². The van der Waals surface area contributed by atoms with E-state index in [9.17, 15) is 4.79 Å². The highest BCUT2D eigenvalue weighted by molar-refractivity contribution is 8.76. The lowest BCUT2D eigenvalue weighted by Gasteiger charge is -2.02. The van der Waals surface area contributed by atoms with Gasteiger partial charge < -0.3 is 4.74 Å². The maximum absolute atomic E-state index is 11.3. The van der Waals surface area contributed by atoms with E-state index >= 15 is 0 Å². The summed E-state index contributed by atoms with van der Waals surface area (Å²) in [5.41, 5.74) is 1.58. The van der Waals surface area contributed by atoms with E-state index in [2.05, 4.69) is 14.7 Å². The van der Waals surface area contributed by atoms with E-state index in [4.69, 9.17) is 0 Å². The Hall–Kier alpha value is -1.53. The standard InChI is InChI=1S/C13H12N2O2S2/c1-9-3-5-11(14-7-9)18-19-12-6-4-10(8-15-12)13(16)17-2/h3-8H,1-2H3. The molecule has 98 valence electrons. The van der Waals surface area contributed by atoms with E-state index in [1.54, 1.807) is 12.1 Å². The summed E-state index contributed by atoms with van der Waals surface area (Å²) in [6, 6.07) is 7.47. The van der Waals surface area contributed by atoms with E-state index in [-0.39, 0.29) is 5.97 Å². The van der Waals surface area contributed by atoms with Gasteiger partial charge in [0.15, 0.2) is 0 Å². The van der Waals surface area contributed by atoms with Crippen LogP contribution in [0.15, 0.2) is 46.7 Å². The van der Waals surface area contributed by atoms with Gasteiger partial charge in [-0.2, -0.15) is 0 Å². The van der Waals surface area contributed by atoms with Crippen molar-refractivity contribution in [2.75, 3.05) is 7.11 Å². The molecule has 6 heteroatoms. The molecule has 2 heterocycles. The number of hydrogen-bond donors (Lipinski definition) is 0. The molecule has 0 atom stereocenters. The number of esters is 1. The summed E-state index contributed by atoms with van der Waals surface area (Å²) in [7, 11) is 4.38. The molecule has 0 radical (unpaired) electrons. The number of carbonyl (C=O) groups excluding carboxylic acids is 1. The number of aryl methyl sites for hydroxylation is 1. The third kappa shape index (κ3) is 3.97. The van der Waals surface area contributed by atoms with Gasteiger partial charge in [0.05, 0.1) is 12.7 Å². The van der Waals surface area contributed by atoms with Crippen molar-refractivity contribution in [3.63, 3.8) is 0 Å². The number of carbonyl (C=O) groups is 1. The van der Waals surface area contributed by atoms with Crippen molar-refractivity contribution < 1.29 is 9.53 Å². The Kier molecular flexibility index (Phi) is 4.81. The van der Waals surface area contributed by atoms with Gasteiger partial charge in [-0.15, -0.1) is 0 Å². The van der Waals surface area contributed by atoms with Crippen molar-refractivity contribution in [3.05, 3.63) is 47.8 Å². The maximum atomic E-state index is 11.3. The van der Waals surface area contributed by atoms with Crippen LogP contribution in [0.2, 0.25) is 0 Å². The zero-order chi connectivity index (χ0) is 13.7. The minimum absolute atomic E-state index is 0.378. The van der Waals surface area contributed by atoms with Gasteiger partial charge in [0.1, 0.15) is 10.1 Å². The van der Waals surface area contributed by atoms with E-state index in [0.717, 1.165) is 15.6 Å². The normalized spacial score (nSPS) is 10.2. The molecular formula is C13H12N2O2S2. The average Bonchev–Trinajstić information content (AvgIpc) is 2.46. The molecule has 19 heavy (non-hydrogen) atoms. The fourth-order valence-electron chi connectivity index (χ4n) is 1.26. The molecule has 0 N–H and O–H groups in total. The van der Waals surface area contributed by atoms with Crippen LogP contribution in [0.3, 0.4) is 0 Å². The van der Waals surface area contributed by atoms with Gasteiger partial charge in [-0.1, -0.05) is 6.07 Å². The quantitative estimate of drug-likeness (QED) is 0.636. The van der Waals surface area contributed by atoms with E-state index in [0.29, 0.717) is 5.56 Å². The van der Waals surface area contributed by atoms with Crippen molar-refractivity contribution in [1.29, 1.82) is 0 Å². The summed E-state index contributed by atoms with van der Waals surface area (Å²) < 4.78 is 4.62. The van der Waals surface area contributed by atoms with Crippen molar-refractivity contribution in [1.82, 2.24) is 9.97 Å². The molecule has 2 aromatic heterocycles. The second kappa shape index (κ2) is 6.58. The molecule has 0 amide bonds. The molecule has 0 bridgehead atoms. The zero-order valence-corrected chi connectivity index (χ0v) is 12.1. The van der Waals surface area contributed by atoms with Crippen molar-refractivity contribution in [3.8, 4) is 0 Å². The summed E-state index contributed by atoms with van der Waals surface area (Å²) in [6.07, 6.45) is 3.34. The van der Waals surface area contributed by atoms with Crippen LogP contribution in [0, 0.1) is 6.92 Å². The first kappa shape index (κ1) is 13.9. The smallest absolute Gasteiger partial charge is 0.339 e. The molecular weight excluding hydrogens is 280 g/mol. The van der Waals surface area contributed by atoms with Crippen LogP contribution in [0.5, 0.6) is 0 Å². The molecule has 4 nitrogen and oxygen atoms in total. The number of pyridine rings is 2. The van der Waals surface area contributed by atoms with Gasteiger partial charge >= 0.3 is 5.97 Å². The van der Waals surface area contributed by atoms with Crippen molar-refractivity contribution in [2.24, 2.45) is 0 Å². The first-order valence-corrected chi connectivity index (χ1v) is 7.65. The zero-order valence-electron chi connectivity index (χ0n) is 10.5. The number of nitrogens with zero attached hydrogens (tertiary/aromatic N) is 2. The van der Waals surface area contributed by atoms with E-state index in [1.165, 1.54) is 34.9 Å². The molecule has 2 aromatic rings. The number of methoxy groups -OCH3 is 1. The Balaban J connectivity index is 1.96. The van der Waals surface area contributed by atoms with Gasteiger partial charge in [-0.3, -0.25) is 0 Å². The van der Waals surface area contributed by atoms with Gasteiger partial charge in [-0.25, -0.2) is 14.8 Å². The fourth-order valence-corrected chi connectivity index (χ4v) is 2.97. The number of aromatic nitrogens is 2. The molecule has 0 aliphatic rings. The summed E-state index contributed by atoms with van der Waals surface area (Å²) in [5, 5.41) is 1.74. The van der Waals surface area contributed by atoms with Crippen molar-refractivity contribution in [2.45, 2.75) is 17.0 Å². The molecule has 2 rings (SSSR count). The van der Waals surface area contributed by atoms with Crippen LogP contribution >= 0.6 is 21.6 Å². The highest BCUT2D eigenvalue weighted by Gasteiger charge is 2.06. The Morgan fingerprint density at radius 2 is 1.68 bits per heavy atom. The van der Waals surface area contributed by atoms with E-state index in [1.807, 2.05) is 25.3 Å². The van der Waals surface area contributed by atoms with Crippen LogP contribution in [-0.4, -0.2) is 23.0 Å². The van der Waals surface area contributed by atoms with Crippen LogP contribution in [0.1, 0.15) is 15.9 Å². The highest BCUT2D eigenvalue weighted by atomic mass is 33.1. The summed E-state index contributed by atoms with van der Waals surface area (Å²) in [6.45, 7) is 2.00. The number of rotatable bonds is 4. The molecule has 0 aliphatic heterocycles. The molecule has 0 spiro atoms. The minimum atomic E-state index is -0.378. The molecule has 0 aromatic carbocycles. The van der Waals surface area contributed by atoms with Crippen LogP contribution in [0.25, 0.3) is 0 Å². The van der Waals surface area contributed by atoms with Gasteiger partial charge in [-0.05, 0) is 52.3 Å². The Bertz CT molecular complexity index is 556. The number of ether oxygens (including phenoxy) is 1. The summed E-state index contributed by atoms with van der Waals surface area (Å²) in [5.74, 6) is -0.378. The monoisotopic (exact) mass is 292 g/mol. The van der Waals surface area contributed by atoms with Crippen molar-refractivity contribution >= 4 is 27.6 Å². The van der Waals surface area contributed by atoms with Gasteiger partial charge in [0.2, 0.25) is 0 Å². The molecule has 0 aliphatic carbocycles. The molecule has 0 fully saturated rings. The second-order valence-electron chi connectivity index (χ2n) is 3.72. The molecule has 0 unspecified atom stereocenters. The fraction of sp³-hybridized carbons (Fsp3) is 0.154. The highest BCUT2D eigenvalue weighted by Crippen LogP contribution is 2.34. The molecule has 0 saturated carbocycles. The van der Waals surface area contributed by atoms with Crippen LogP contribution in [-0.2, 0) is 4.74 Å². The van der Waals surface area contributed by atoms with Crippen LogP contribution < -0.4 is 0 Å². The maximum Gasteiger partial charge on any atom is 0.339 e. The predicted octanol–water partition coefficient (Wildman–Crippen LogP) is 3.37. The first-order chi connectivity index (χ1) is 9.19. The lowest BCUT2D eigenvalue weighted by Crippen LogP contribution is -2.01. The summed E-state index contributed by atoms with van der Waals surface area (Å²) >= 11 is 0. The molecule has 0 saturated heterocycles. The van der Waals surface area contributed by atoms with Gasteiger partial charge in [0.25, 0.3) is 0 Å². The lowest BCUT2D eigenvalue weighted by atomic mass is 10.3. The minimum Gasteiger partial charge on any atom is -0.465 e. The third-order valence-electron chi connectivity index (χ3n) is 2.25. The van der Waals surface area contributed by atoms with E-state index < -0.39 is 0 Å². The average molecular weight is 292 g/mol. The summed E-state index contributed by atoms with van der Waals surface area (Å²) in [4.78, 5) is 19.7. The number of hydrogen-bond acceptors (Lipinski definition) is 6. The predicted molar refractivity (Wildman–Crippen MR) is 76.3 cm³/mol. The lowest BCUT2D eigenvalue weighted by molar-refractivity contribution is 0.0600. The third-order valence-corrected chi connectivity index (χ3v) is 4.44. The Labute approximate surface area is 119 Å². The SMILES string of the molecule is COC(=O)c1ccc(SSc2ccc(C)cn2)nc1. The largest absolute Gasteiger partial charge is 0.465 e. The Morgan fingerprint density at radius 1 is 1.05 bits per heavy atom. The van der Waals surface area contributed by atoms with Gasteiger partial charge in [0, 0.05) is 12.4 Å². The Morgan fingerprint density at radius 3 is 2.16 bits per heavy atom. The first-order valence-electron chi connectivity index (χ1n) is 5.50. The second-order valence-corrected chi connectivity index (χ2v) is 5.89.